The van der Waals surface area contributed by atoms with Gasteiger partial charge in [0.2, 0.25) is 0 Å². The van der Waals surface area contributed by atoms with Crippen molar-refractivity contribution in [3.05, 3.63) is 130 Å². The number of aromatic nitrogens is 4. The van der Waals surface area contributed by atoms with E-state index in [0.717, 1.165) is 24.6 Å². The Labute approximate surface area is 407 Å². The van der Waals surface area contributed by atoms with Gasteiger partial charge in [-0.3, -0.25) is 13.7 Å². The van der Waals surface area contributed by atoms with Gasteiger partial charge in [0.1, 0.15) is 19.7 Å². The second kappa shape index (κ2) is 23.1. The predicted octanol–water partition coefficient (Wildman–Crippen LogP) is 7.75. The number of halogens is 2. The second-order valence-corrected chi connectivity index (χ2v) is 19.5. The zero-order chi connectivity index (χ0) is 42.8. The summed E-state index contributed by atoms with van der Waals surface area (Å²) in [4.78, 5) is 29.0. The molecule has 1 aliphatic carbocycles. The molecule has 7 rings (SSSR count). The van der Waals surface area contributed by atoms with Crippen molar-refractivity contribution < 1.29 is 77.9 Å². The molecule has 344 valence electrons. The molecular formula is C43H52Cl2N4O10S2W2-2. The first-order valence-electron chi connectivity index (χ1n) is 18.7. The van der Waals surface area contributed by atoms with Gasteiger partial charge < -0.3 is 38.8 Å². The van der Waals surface area contributed by atoms with Crippen LogP contribution >= 0.6 is 23.2 Å². The molecule has 0 spiro atoms. The molecular weight excluding hydrogens is 1240 g/mol. The van der Waals surface area contributed by atoms with Crippen molar-refractivity contribution in [1.29, 1.82) is 0 Å². The van der Waals surface area contributed by atoms with E-state index < -0.39 is 37.4 Å². The molecule has 2 heterocycles. The maximum Gasteiger partial charge on any atom is 0.329 e. The van der Waals surface area contributed by atoms with Crippen molar-refractivity contribution >= 4 is 64.9 Å². The number of rotatable bonds is 15. The normalized spacial score (nSPS) is 13.2. The van der Waals surface area contributed by atoms with Crippen molar-refractivity contribution in [2.45, 2.75) is 44.8 Å². The second-order valence-electron chi connectivity index (χ2n) is 14.3. The van der Waals surface area contributed by atoms with Crippen molar-refractivity contribution in [1.82, 2.24) is 18.7 Å². The van der Waals surface area contributed by atoms with E-state index in [9.17, 15) is 26.4 Å². The van der Waals surface area contributed by atoms with Crippen LogP contribution in [0.1, 0.15) is 55.9 Å². The molecule has 0 unspecified atom stereocenters. The summed E-state index contributed by atoms with van der Waals surface area (Å²) in [7, 11) is -3.75. The van der Waals surface area contributed by atoms with E-state index in [1.807, 2.05) is 13.8 Å². The first-order chi connectivity index (χ1) is 28.0. The summed E-state index contributed by atoms with van der Waals surface area (Å²) < 4.78 is 75.7. The largest absolute Gasteiger partial charge is 0.493 e. The molecule has 0 amide bonds. The van der Waals surface area contributed by atoms with Crippen LogP contribution in [0, 0.1) is 14.9 Å². The number of fused-ring (bicyclic) bond motifs is 2. The molecule has 4 aromatic carbocycles. The van der Waals surface area contributed by atoms with E-state index in [1.165, 1.54) is 17.9 Å². The topological polar surface area (TPSA) is 170 Å². The quantitative estimate of drug-likeness (QED) is 0.100. The fourth-order valence-corrected chi connectivity index (χ4v) is 9.33. The van der Waals surface area contributed by atoms with Gasteiger partial charge in [0.05, 0.1) is 73.1 Å². The number of hydrogen-bond acceptors (Lipinski definition) is 10. The standard InChI is InChI=1S/C22H25ClN2O5S.C19H21ClN2O5S.2CH3.2W/c1-4-30-21-11-14(5-10-20(21)29-2)19(13-31(3,27)28)25-17-9-6-15(23)12-18(17)24(22(25)26)16-7-8-16;1-4-27-18-9-12(5-8-17(18)26-2)16(11-28(3,24)25)22-15-7-6-13(20)10-14(15)21-19(22)23;;;;/h5-6,9-12,16,19H,4,7-8,13H2,1-3H3;5-10,16H,4,11H2,1-3H3,(H,21,23);2*1H3;;/q;;2*-1;;/t19-;16-;;;;/m11..../s1. The summed E-state index contributed by atoms with van der Waals surface area (Å²) >= 11 is 12.2. The first-order valence-corrected chi connectivity index (χ1v) is 23.6. The zero-order valence-electron chi connectivity index (χ0n) is 36.2. The van der Waals surface area contributed by atoms with Crippen LogP contribution < -0.4 is 30.3 Å². The molecule has 2 aromatic heterocycles. The van der Waals surface area contributed by atoms with E-state index in [4.69, 9.17) is 42.1 Å². The molecule has 0 radical (unpaired) electrons. The monoisotopic (exact) mass is 1290 g/mol. The maximum atomic E-state index is 13.5. The number of hydrogen-bond donors (Lipinski definition) is 1. The van der Waals surface area contributed by atoms with Gasteiger partial charge in [0.15, 0.2) is 23.0 Å². The molecule has 14 nitrogen and oxygen atoms in total. The number of H-pyrrole nitrogens is 1. The third kappa shape index (κ3) is 13.1. The molecule has 1 fully saturated rings. The molecule has 0 bridgehead atoms. The van der Waals surface area contributed by atoms with Gasteiger partial charge in [0, 0.05) is 70.7 Å². The summed E-state index contributed by atoms with van der Waals surface area (Å²) in [5.41, 5.74) is 3.10. The number of benzene rings is 4. The molecule has 0 saturated heterocycles. The van der Waals surface area contributed by atoms with Crippen LogP contribution in [0.3, 0.4) is 0 Å². The van der Waals surface area contributed by atoms with E-state index in [2.05, 4.69) is 4.98 Å². The van der Waals surface area contributed by atoms with Gasteiger partial charge in [-0.05, 0) is 98.5 Å². The van der Waals surface area contributed by atoms with Crippen LogP contribution in [-0.2, 0) is 61.8 Å². The Balaban J connectivity index is 0.000000410. The average Bonchev–Trinajstić information content (AvgIpc) is 3.89. The summed E-state index contributed by atoms with van der Waals surface area (Å²) in [6, 6.07) is 19.3. The van der Waals surface area contributed by atoms with Crippen LogP contribution in [0.25, 0.3) is 22.1 Å². The van der Waals surface area contributed by atoms with Crippen molar-refractivity contribution in [2.24, 2.45) is 0 Å². The van der Waals surface area contributed by atoms with Gasteiger partial charge in [-0.2, -0.15) is 0 Å². The van der Waals surface area contributed by atoms with Gasteiger partial charge in [-0.15, -0.1) is 0 Å². The average molecular weight is 1290 g/mol. The Bertz CT molecular complexity index is 2860. The first kappa shape index (κ1) is 55.6. The van der Waals surface area contributed by atoms with Crippen LogP contribution in [-0.4, -0.2) is 87.0 Å². The minimum atomic E-state index is -3.42. The summed E-state index contributed by atoms with van der Waals surface area (Å²) in [6.45, 7) is 4.55. The molecule has 1 N–H and O–H groups in total. The van der Waals surface area contributed by atoms with Gasteiger partial charge in [0.25, 0.3) is 0 Å². The van der Waals surface area contributed by atoms with Crippen LogP contribution in [0.5, 0.6) is 23.0 Å². The maximum absolute atomic E-state index is 13.5. The van der Waals surface area contributed by atoms with E-state index in [1.54, 1.807) is 89.0 Å². The van der Waals surface area contributed by atoms with Crippen LogP contribution in [0.4, 0.5) is 0 Å². The fraction of sp³-hybridized carbons (Fsp3) is 0.349. The SMILES string of the molecule is CCOc1cc([C@@H](CS(C)(=O)=O)n2c(=O)[nH]c3cc(Cl)ccc32)ccc1OC.CCOc1cc([C@@H](CS(C)(=O)=O)n2c(=O)n(C3CC3)c3cc(Cl)ccc32)ccc1OC.[CH3-].[CH3-].[W].[W]. The van der Waals surface area contributed by atoms with Crippen LogP contribution in [0.2, 0.25) is 10.0 Å². The van der Waals surface area contributed by atoms with Gasteiger partial charge in [-0.1, -0.05) is 35.3 Å². The number of aromatic amines is 1. The van der Waals surface area contributed by atoms with Gasteiger partial charge >= 0.3 is 11.4 Å². The third-order valence-corrected chi connectivity index (χ3v) is 12.1. The molecule has 2 atom stereocenters. The minimum absolute atomic E-state index is 0. The van der Waals surface area contributed by atoms with Crippen LogP contribution in [0.15, 0.2) is 82.4 Å². The zero-order valence-corrected chi connectivity index (χ0v) is 45.2. The van der Waals surface area contributed by atoms with E-state index >= 15 is 0 Å². The smallest absolute Gasteiger partial charge is 0.329 e. The molecule has 6 aromatic rings. The summed E-state index contributed by atoms with van der Waals surface area (Å²) in [5.74, 6) is 1.59. The van der Waals surface area contributed by atoms with Crippen molar-refractivity contribution in [3.8, 4) is 23.0 Å². The molecule has 1 aliphatic rings. The van der Waals surface area contributed by atoms with Gasteiger partial charge in [-0.25, -0.2) is 26.4 Å². The number of nitrogens with zero attached hydrogens (tertiary/aromatic N) is 3. The Kier molecular flexibility index (Phi) is 20.4. The number of imidazole rings is 2. The third-order valence-electron chi connectivity index (χ3n) is 9.75. The van der Waals surface area contributed by atoms with Crippen molar-refractivity contribution in [3.63, 3.8) is 0 Å². The van der Waals surface area contributed by atoms with E-state index in [0.29, 0.717) is 73.9 Å². The number of sulfone groups is 2. The van der Waals surface area contributed by atoms with Crippen molar-refractivity contribution in [2.75, 3.05) is 51.5 Å². The Hall–Kier alpha value is -3.52. The Morgan fingerprint density at radius 1 is 0.651 bits per heavy atom. The number of methoxy groups -OCH3 is 2. The Morgan fingerprint density at radius 3 is 1.56 bits per heavy atom. The van der Waals surface area contributed by atoms with E-state index in [-0.39, 0.29) is 80.2 Å². The Morgan fingerprint density at radius 2 is 1.11 bits per heavy atom. The summed E-state index contributed by atoms with van der Waals surface area (Å²) in [5, 5.41) is 1.01. The number of nitrogens with one attached hydrogen (secondary N) is 1. The minimum Gasteiger partial charge on any atom is -0.493 e. The number of ether oxygens (including phenoxy) is 4. The molecule has 0 aliphatic heterocycles. The molecule has 20 heteroatoms. The summed E-state index contributed by atoms with van der Waals surface area (Å²) in [6.07, 6.45) is 4.15. The predicted molar refractivity (Wildman–Crippen MR) is 244 cm³/mol. The molecule has 63 heavy (non-hydrogen) atoms. The molecule has 1 saturated carbocycles. The fourth-order valence-electron chi connectivity index (χ4n) is 7.17.